The molecule has 0 saturated carbocycles. The molecule has 0 heterocycles. The van der Waals surface area contributed by atoms with Crippen LogP contribution in [0.4, 0.5) is 11.4 Å². The SMILES string of the molecule is CCCCO[P@@](=O)(c1ccc(N(C)C)cc1)[C@@H](Nc1ccccc1)c1cc(OC)c(OC)c(OC)c1. The first-order valence-corrected chi connectivity index (χ1v) is 13.7. The summed E-state index contributed by atoms with van der Waals surface area (Å²) in [5, 5.41) is 4.12. The third kappa shape index (κ3) is 6.15. The molecule has 194 valence electrons. The minimum absolute atomic E-state index is 0.376. The molecule has 2 atom stereocenters. The molecule has 0 fully saturated rings. The number of nitrogens with one attached hydrogen (secondary N) is 1. The number of para-hydroxylation sites is 1. The molecule has 0 radical (unpaired) electrons. The second-order valence-electron chi connectivity index (χ2n) is 8.57. The first-order chi connectivity index (χ1) is 17.4. The Labute approximate surface area is 214 Å². The van der Waals surface area contributed by atoms with Gasteiger partial charge >= 0.3 is 0 Å². The summed E-state index contributed by atoms with van der Waals surface area (Å²) in [4.78, 5) is 2.01. The third-order valence-corrected chi connectivity index (χ3v) is 8.62. The fraction of sp³-hybridized carbons (Fsp3) is 0.357. The highest BCUT2D eigenvalue weighted by Crippen LogP contribution is 2.60. The number of ether oxygens (including phenoxy) is 3. The first kappa shape index (κ1) is 27.4. The Kier molecular flexibility index (Phi) is 9.68. The standard InChI is InChI=1S/C28H37N2O5P/c1-7-8-18-35-36(31,24-16-14-23(15-17-24)30(2)3)28(29-22-12-10-9-11-13-22)21-19-25(32-4)27(34-6)26(20-21)33-5/h9-17,19-20,28-29H,7-8,18H2,1-6H3/t28-,36+/m1/s1. The summed E-state index contributed by atoms with van der Waals surface area (Å²) in [7, 11) is 5.13. The van der Waals surface area contributed by atoms with E-state index in [0.717, 1.165) is 24.2 Å². The molecule has 0 aliphatic rings. The van der Waals surface area contributed by atoms with Crippen molar-refractivity contribution in [3.63, 3.8) is 0 Å². The molecule has 0 spiro atoms. The monoisotopic (exact) mass is 512 g/mol. The van der Waals surface area contributed by atoms with Gasteiger partial charge in [0, 0.05) is 30.8 Å². The van der Waals surface area contributed by atoms with Crippen LogP contribution in [0.2, 0.25) is 0 Å². The Morgan fingerprint density at radius 1 is 0.889 bits per heavy atom. The molecule has 0 bridgehead atoms. The first-order valence-electron chi connectivity index (χ1n) is 12.0. The average Bonchev–Trinajstić information content (AvgIpc) is 2.91. The summed E-state index contributed by atoms with van der Waals surface area (Å²) in [6.45, 7) is 2.46. The molecule has 0 aromatic heterocycles. The lowest BCUT2D eigenvalue weighted by molar-refractivity contribution is 0.307. The van der Waals surface area contributed by atoms with E-state index in [1.807, 2.05) is 85.7 Å². The fourth-order valence-electron chi connectivity index (χ4n) is 3.92. The van der Waals surface area contributed by atoms with E-state index in [2.05, 4.69) is 12.2 Å². The van der Waals surface area contributed by atoms with Crippen molar-refractivity contribution in [3.05, 3.63) is 72.3 Å². The molecule has 0 amide bonds. The van der Waals surface area contributed by atoms with E-state index < -0.39 is 13.2 Å². The zero-order valence-corrected chi connectivity index (χ0v) is 22.9. The van der Waals surface area contributed by atoms with Gasteiger partial charge in [-0.25, -0.2) is 0 Å². The maximum atomic E-state index is 15.0. The topological polar surface area (TPSA) is 69.3 Å². The van der Waals surface area contributed by atoms with Gasteiger partial charge in [-0.2, -0.15) is 0 Å². The number of methoxy groups -OCH3 is 3. The molecule has 0 aliphatic carbocycles. The fourth-order valence-corrected chi connectivity index (χ4v) is 6.34. The lowest BCUT2D eigenvalue weighted by Gasteiger charge is -2.31. The van der Waals surface area contributed by atoms with Gasteiger partial charge in [-0.3, -0.25) is 4.57 Å². The number of rotatable bonds is 13. The second kappa shape index (κ2) is 12.7. The minimum Gasteiger partial charge on any atom is -0.493 e. The van der Waals surface area contributed by atoms with Gasteiger partial charge in [0.25, 0.3) is 7.37 Å². The Bertz CT molecular complexity index is 1130. The summed E-state index contributed by atoms with van der Waals surface area (Å²) in [6.07, 6.45) is 1.73. The number of unbranched alkanes of at least 4 members (excludes halogenated alkanes) is 1. The van der Waals surface area contributed by atoms with Gasteiger partial charge in [0.1, 0.15) is 5.78 Å². The Hall–Kier alpha value is -3.15. The number of nitrogens with zero attached hydrogens (tertiary/aromatic N) is 1. The van der Waals surface area contributed by atoms with Crippen LogP contribution in [0.5, 0.6) is 17.2 Å². The zero-order chi connectivity index (χ0) is 26.1. The molecule has 0 saturated heterocycles. The predicted octanol–water partition coefficient (Wildman–Crippen LogP) is 6.31. The third-order valence-electron chi connectivity index (χ3n) is 5.93. The normalized spacial score (nSPS) is 13.4. The van der Waals surface area contributed by atoms with Crippen molar-refractivity contribution < 1.29 is 23.3 Å². The molecule has 3 rings (SSSR count). The van der Waals surface area contributed by atoms with E-state index in [9.17, 15) is 0 Å². The Morgan fingerprint density at radius 2 is 1.50 bits per heavy atom. The molecule has 7 nitrogen and oxygen atoms in total. The van der Waals surface area contributed by atoms with Crippen molar-refractivity contribution in [2.24, 2.45) is 0 Å². The number of hydrogen-bond donors (Lipinski definition) is 1. The highest BCUT2D eigenvalue weighted by atomic mass is 31.2. The van der Waals surface area contributed by atoms with Crippen LogP contribution in [0, 0.1) is 0 Å². The number of hydrogen-bond acceptors (Lipinski definition) is 7. The van der Waals surface area contributed by atoms with Crippen LogP contribution in [-0.2, 0) is 9.09 Å². The van der Waals surface area contributed by atoms with Crippen molar-refractivity contribution in [1.29, 1.82) is 0 Å². The van der Waals surface area contributed by atoms with E-state index in [0.29, 0.717) is 34.7 Å². The highest BCUT2D eigenvalue weighted by molar-refractivity contribution is 7.67. The lowest BCUT2D eigenvalue weighted by Crippen LogP contribution is -2.21. The summed E-state index contributed by atoms with van der Waals surface area (Å²) in [6, 6.07) is 21.0. The summed E-state index contributed by atoms with van der Waals surface area (Å²) in [5.74, 6) is 0.722. The largest absolute Gasteiger partial charge is 0.493 e. The van der Waals surface area contributed by atoms with Crippen LogP contribution >= 0.6 is 7.37 Å². The van der Waals surface area contributed by atoms with Crippen LogP contribution < -0.4 is 29.7 Å². The molecule has 3 aromatic rings. The Morgan fingerprint density at radius 3 is 2.00 bits per heavy atom. The van der Waals surface area contributed by atoms with E-state index in [1.54, 1.807) is 21.3 Å². The molecular formula is C28H37N2O5P. The molecule has 1 N–H and O–H groups in total. The molecule has 36 heavy (non-hydrogen) atoms. The van der Waals surface area contributed by atoms with E-state index >= 15 is 4.57 Å². The van der Waals surface area contributed by atoms with E-state index in [1.165, 1.54) is 0 Å². The molecule has 3 aromatic carbocycles. The van der Waals surface area contributed by atoms with Crippen LogP contribution in [0.1, 0.15) is 31.1 Å². The maximum absolute atomic E-state index is 15.0. The molecule has 0 aliphatic heterocycles. The number of anilines is 2. The van der Waals surface area contributed by atoms with Crippen molar-refractivity contribution >= 4 is 24.0 Å². The van der Waals surface area contributed by atoms with Gasteiger partial charge in [0.15, 0.2) is 11.5 Å². The van der Waals surface area contributed by atoms with E-state index in [4.69, 9.17) is 18.7 Å². The second-order valence-corrected chi connectivity index (χ2v) is 11.1. The van der Waals surface area contributed by atoms with Crippen molar-refractivity contribution in [2.75, 3.05) is 52.2 Å². The maximum Gasteiger partial charge on any atom is 0.258 e. The molecule has 8 heteroatoms. The molecular weight excluding hydrogens is 475 g/mol. The number of benzene rings is 3. The van der Waals surface area contributed by atoms with Crippen LogP contribution in [0.15, 0.2) is 66.7 Å². The minimum atomic E-state index is -3.51. The zero-order valence-electron chi connectivity index (χ0n) is 22.0. The highest BCUT2D eigenvalue weighted by Gasteiger charge is 2.39. The van der Waals surface area contributed by atoms with Gasteiger partial charge in [-0.15, -0.1) is 0 Å². The Balaban J connectivity index is 2.22. The van der Waals surface area contributed by atoms with Gasteiger partial charge in [0.05, 0.1) is 27.9 Å². The van der Waals surface area contributed by atoms with Gasteiger partial charge in [-0.05, 0) is 60.5 Å². The lowest BCUT2D eigenvalue weighted by atomic mass is 10.1. The van der Waals surface area contributed by atoms with Crippen LogP contribution in [0.3, 0.4) is 0 Å². The molecule has 0 unspecified atom stereocenters. The predicted molar refractivity (Wildman–Crippen MR) is 148 cm³/mol. The van der Waals surface area contributed by atoms with Crippen molar-refractivity contribution in [3.8, 4) is 17.2 Å². The smallest absolute Gasteiger partial charge is 0.258 e. The van der Waals surface area contributed by atoms with E-state index in [-0.39, 0.29) is 0 Å². The van der Waals surface area contributed by atoms with Gasteiger partial charge in [-0.1, -0.05) is 31.5 Å². The summed E-state index contributed by atoms with van der Waals surface area (Å²) in [5.41, 5.74) is 2.53. The van der Waals surface area contributed by atoms with Crippen molar-refractivity contribution in [1.82, 2.24) is 0 Å². The summed E-state index contributed by atoms with van der Waals surface area (Å²) < 4.78 is 38.1. The van der Waals surface area contributed by atoms with Gasteiger partial charge in [0.2, 0.25) is 5.75 Å². The quantitative estimate of drug-likeness (QED) is 0.213. The van der Waals surface area contributed by atoms with Gasteiger partial charge < -0.3 is 29.0 Å². The van der Waals surface area contributed by atoms with Crippen LogP contribution in [0.25, 0.3) is 0 Å². The van der Waals surface area contributed by atoms with Crippen LogP contribution in [-0.4, -0.2) is 42.0 Å². The average molecular weight is 513 g/mol. The van der Waals surface area contributed by atoms with Crippen molar-refractivity contribution in [2.45, 2.75) is 25.5 Å². The summed E-state index contributed by atoms with van der Waals surface area (Å²) >= 11 is 0.